The number of Topliss-reactive ketones (excluding diaryl/α,β-unsaturated/α-hetero) is 1. The monoisotopic (exact) mass is 667 g/mol. The summed E-state index contributed by atoms with van der Waals surface area (Å²) in [6.07, 6.45) is 9.87. The van der Waals surface area contributed by atoms with Crippen LogP contribution in [0.1, 0.15) is 67.8 Å². The number of benzene rings is 3. The van der Waals surface area contributed by atoms with Gasteiger partial charge in [-0.2, -0.15) is 0 Å². The molecule has 0 saturated carbocycles. The van der Waals surface area contributed by atoms with Gasteiger partial charge in [0.15, 0.2) is 23.2 Å². The van der Waals surface area contributed by atoms with Crippen LogP contribution in [0.25, 0.3) is 22.5 Å². The molecule has 0 bridgehead atoms. The van der Waals surface area contributed by atoms with Crippen molar-refractivity contribution in [2.24, 2.45) is 11.8 Å². The zero-order valence-corrected chi connectivity index (χ0v) is 27.7. The van der Waals surface area contributed by atoms with Gasteiger partial charge in [0.25, 0.3) is 0 Å². The first-order valence-corrected chi connectivity index (χ1v) is 16.9. The smallest absolute Gasteiger partial charge is 0.308 e. The number of carboxylic acid groups (broad SMARTS) is 1. The maximum atomic E-state index is 14.0. The van der Waals surface area contributed by atoms with Crippen LogP contribution >= 0.6 is 0 Å². The number of ketones is 1. The Kier molecular flexibility index (Phi) is 12.1. The van der Waals surface area contributed by atoms with E-state index in [9.17, 15) is 29.0 Å². The molecule has 49 heavy (non-hydrogen) atoms. The van der Waals surface area contributed by atoms with Gasteiger partial charge in [-0.25, -0.2) is 14.4 Å². The zero-order chi connectivity index (χ0) is 34.8. The topological polar surface area (TPSA) is 130 Å². The lowest BCUT2D eigenvalue weighted by Crippen LogP contribution is -2.37. The second-order valence-electron chi connectivity index (χ2n) is 12.6. The molecule has 9 nitrogen and oxygen atoms in total. The number of halogens is 1. The fourth-order valence-electron chi connectivity index (χ4n) is 6.03. The van der Waals surface area contributed by atoms with E-state index in [0.717, 1.165) is 46.6 Å². The number of unbranched alkanes of at least 4 members (excludes halogenated alkanes) is 4. The summed E-state index contributed by atoms with van der Waals surface area (Å²) in [7, 11) is 0. The number of aliphatic carboxylic acids is 1. The number of phenols is 1. The minimum atomic E-state index is -0.959. The Labute approximate surface area is 285 Å². The highest BCUT2D eigenvalue weighted by Gasteiger charge is 2.35. The number of amides is 1. The molecule has 10 heteroatoms. The molecule has 1 fully saturated rings. The normalized spacial score (nSPS) is 14.8. The fourth-order valence-corrected chi connectivity index (χ4v) is 6.03. The van der Waals surface area contributed by atoms with Crippen molar-refractivity contribution in [1.82, 2.24) is 14.9 Å². The van der Waals surface area contributed by atoms with E-state index in [1.807, 2.05) is 48.5 Å². The van der Waals surface area contributed by atoms with Crippen LogP contribution < -0.4 is 4.74 Å². The molecule has 2 heterocycles. The number of nitrogens with zero attached hydrogens (tertiary/aromatic N) is 3. The van der Waals surface area contributed by atoms with Gasteiger partial charge in [0, 0.05) is 54.5 Å². The summed E-state index contributed by atoms with van der Waals surface area (Å²) in [5.41, 5.74) is 3.47. The fraction of sp³-hybridized carbons (Fsp3) is 0.359. The lowest BCUT2D eigenvalue weighted by Gasteiger charge is -2.23. The quantitative estimate of drug-likeness (QED) is 0.0936. The standard InChI is InChI=1S/C39H42FN3O6/c1-2-3-4-5-6-19-49-33-14-11-27(12-15-33)32-23-41-37(42-24-32)28-9-7-26(8-10-28)20-31(38(46)43-18-17-30(25-43)39(47)48)22-36(45)29-13-16-35(44)34(40)21-29/h7-16,21,23-24,30-31,44H,2-6,17-20,22,25H2,1H3,(H,47,48)/t30-,31+/m0/s1. The number of ether oxygens (including phenoxy) is 1. The van der Waals surface area contributed by atoms with Gasteiger partial charge in [0.2, 0.25) is 5.91 Å². The van der Waals surface area contributed by atoms with Crippen LogP contribution in [0.2, 0.25) is 0 Å². The molecule has 4 aromatic rings. The third-order valence-corrected chi connectivity index (χ3v) is 8.95. The molecule has 3 aromatic carbocycles. The number of hydrogen-bond acceptors (Lipinski definition) is 7. The Hall–Kier alpha value is -5.12. The van der Waals surface area contributed by atoms with Crippen LogP contribution in [-0.2, 0) is 16.0 Å². The third-order valence-electron chi connectivity index (χ3n) is 8.95. The molecule has 1 saturated heterocycles. The number of phenolic OH excluding ortho intramolecular Hbond substituents is 1. The van der Waals surface area contributed by atoms with Crippen LogP contribution in [0.3, 0.4) is 0 Å². The van der Waals surface area contributed by atoms with Gasteiger partial charge in [-0.15, -0.1) is 0 Å². The summed E-state index contributed by atoms with van der Waals surface area (Å²) in [5, 5.41) is 18.9. The minimum Gasteiger partial charge on any atom is -0.505 e. The van der Waals surface area contributed by atoms with Gasteiger partial charge < -0.3 is 19.8 Å². The summed E-state index contributed by atoms with van der Waals surface area (Å²) >= 11 is 0. The lowest BCUT2D eigenvalue weighted by atomic mass is 9.90. The minimum absolute atomic E-state index is 0.0475. The largest absolute Gasteiger partial charge is 0.505 e. The van der Waals surface area contributed by atoms with Crippen molar-refractivity contribution in [3.63, 3.8) is 0 Å². The second-order valence-corrected chi connectivity index (χ2v) is 12.6. The second kappa shape index (κ2) is 16.8. The van der Waals surface area contributed by atoms with Crippen molar-refractivity contribution >= 4 is 17.7 Å². The van der Waals surface area contributed by atoms with Crippen molar-refractivity contribution in [2.75, 3.05) is 19.7 Å². The van der Waals surface area contributed by atoms with Gasteiger partial charge in [-0.1, -0.05) is 69.0 Å². The van der Waals surface area contributed by atoms with E-state index in [1.54, 1.807) is 12.4 Å². The molecular formula is C39H42FN3O6. The maximum Gasteiger partial charge on any atom is 0.308 e. The highest BCUT2D eigenvalue weighted by Crippen LogP contribution is 2.27. The number of likely N-dealkylation sites (tertiary alicyclic amines) is 1. The Morgan fingerprint density at radius 3 is 2.27 bits per heavy atom. The van der Waals surface area contributed by atoms with E-state index in [0.29, 0.717) is 18.9 Å². The molecule has 1 aliphatic heterocycles. The Balaban J connectivity index is 1.23. The number of aromatic nitrogens is 2. The van der Waals surface area contributed by atoms with Crippen molar-refractivity contribution in [1.29, 1.82) is 0 Å². The van der Waals surface area contributed by atoms with E-state index < -0.39 is 35.2 Å². The number of aromatic hydroxyl groups is 1. The molecule has 0 unspecified atom stereocenters. The van der Waals surface area contributed by atoms with Gasteiger partial charge in [0.05, 0.1) is 12.5 Å². The van der Waals surface area contributed by atoms with Crippen LogP contribution in [0, 0.1) is 17.7 Å². The van der Waals surface area contributed by atoms with Crippen molar-refractivity contribution < 1.29 is 33.7 Å². The molecule has 1 amide bonds. The number of carbonyl (C=O) groups excluding carboxylic acids is 2. The highest BCUT2D eigenvalue weighted by molar-refractivity contribution is 5.99. The average molecular weight is 668 g/mol. The van der Waals surface area contributed by atoms with Crippen LogP contribution in [0.4, 0.5) is 4.39 Å². The van der Waals surface area contributed by atoms with E-state index in [1.165, 1.54) is 36.6 Å². The zero-order valence-electron chi connectivity index (χ0n) is 27.7. The van der Waals surface area contributed by atoms with Gasteiger partial charge in [-0.05, 0) is 60.7 Å². The predicted octanol–water partition coefficient (Wildman–Crippen LogP) is 7.37. The Bertz CT molecular complexity index is 1730. The molecule has 2 N–H and O–H groups in total. The summed E-state index contributed by atoms with van der Waals surface area (Å²) < 4.78 is 19.8. The van der Waals surface area contributed by atoms with Gasteiger partial charge >= 0.3 is 5.97 Å². The first-order valence-electron chi connectivity index (χ1n) is 16.9. The Morgan fingerprint density at radius 1 is 0.918 bits per heavy atom. The molecule has 1 aromatic heterocycles. The summed E-state index contributed by atoms with van der Waals surface area (Å²) in [5.74, 6) is -3.28. The van der Waals surface area contributed by atoms with E-state index in [-0.39, 0.29) is 37.4 Å². The molecule has 256 valence electrons. The van der Waals surface area contributed by atoms with Crippen molar-refractivity contribution in [3.8, 4) is 34.0 Å². The molecule has 0 spiro atoms. The molecule has 1 aliphatic rings. The average Bonchev–Trinajstić information content (AvgIpc) is 3.62. The number of carboxylic acids is 1. The first kappa shape index (κ1) is 35.2. The number of rotatable bonds is 16. The van der Waals surface area contributed by atoms with Crippen LogP contribution in [0.5, 0.6) is 11.5 Å². The SMILES string of the molecule is CCCCCCCOc1ccc(-c2cnc(-c3ccc(C[C@H](CC(=O)c4ccc(O)c(F)c4)C(=O)N4CC[C@H](C(=O)O)C4)cc3)nc2)cc1. The van der Waals surface area contributed by atoms with E-state index >= 15 is 0 Å². The van der Waals surface area contributed by atoms with Crippen molar-refractivity contribution in [2.45, 2.75) is 58.3 Å². The molecule has 0 aliphatic carbocycles. The molecule has 0 radical (unpaired) electrons. The lowest BCUT2D eigenvalue weighted by molar-refractivity contribution is -0.141. The molecular weight excluding hydrogens is 625 g/mol. The maximum absolute atomic E-state index is 14.0. The van der Waals surface area contributed by atoms with Gasteiger partial charge in [-0.3, -0.25) is 14.4 Å². The van der Waals surface area contributed by atoms with E-state index in [4.69, 9.17) is 4.74 Å². The predicted molar refractivity (Wildman–Crippen MR) is 184 cm³/mol. The third kappa shape index (κ3) is 9.49. The first-order chi connectivity index (χ1) is 23.7. The van der Waals surface area contributed by atoms with Gasteiger partial charge in [0.1, 0.15) is 5.75 Å². The Morgan fingerprint density at radius 2 is 1.61 bits per heavy atom. The summed E-state index contributed by atoms with van der Waals surface area (Å²) in [4.78, 5) is 48.9. The van der Waals surface area contributed by atoms with Crippen molar-refractivity contribution in [3.05, 3.63) is 96.1 Å². The number of carbonyl (C=O) groups is 3. The van der Waals surface area contributed by atoms with E-state index in [2.05, 4.69) is 16.9 Å². The molecule has 5 rings (SSSR count). The highest BCUT2D eigenvalue weighted by atomic mass is 19.1. The molecule has 2 atom stereocenters. The van der Waals surface area contributed by atoms with Crippen LogP contribution in [-0.4, -0.2) is 62.4 Å². The number of hydrogen-bond donors (Lipinski definition) is 2. The summed E-state index contributed by atoms with van der Waals surface area (Å²) in [6.45, 7) is 3.28. The van der Waals surface area contributed by atoms with Crippen LogP contribution in [0.15, 0.2) is 79.1 Å². The summed E-state index contributed by atoms with van der Waals surface area (Å²) in [6, 6.07) is 18.7.